The summed E-state index contributed by atoms with van der Waals surface area (Å²) in [6.07, 6.45) is 1.66. The number of amides is 2. The molecule has 0 spiro atoms. The van der Waals surface area contributed by atoms with Gasteiger partial charge in [-0.25, -0.2) is 4.79 Å². The van der Waals surface area contributed by atoms with E-state index in [1.54, 1.807) is 0 Å². The Bertz CT molecular complexity index is 503. The molecule has 5 nitrogen and oxygen atoms in total. The summed E-state index contributed by atoms with van der Waals surface area (Å²) in [5.74, 6) is -1.45. The van der Waals surface area contributed by atoms with Crippen LogP contribution in [0.4, 0.5) is 4.79 Å². The Morgan fingerprint density at radius 2 is 1.81 bits per heavy atom. The van der Waals surface area contributed by atoms with Crippen molar-refractivity contribution in [1.29, 1.82) is 0 Å². The Hall–Kier alpha value is -2.04. The summed E-state index contributed by atoms with van der Waals surface area (Å²) in [5, 5.41) is 14.7. The van der Waals surface area contributed by atoms with Gasteiger partial charge in [-0.2, -0.15) is 0 Å². The highest BCUT2D eigenvalue weighted by molar-refractivity contribution is 5.76. The van der Waals surface area contributed by atoms with Crippen molar-refractivity contribution >= 4 is 12.0 Å². The molecule has 5 heteroatoms. The van der Waals surface area contributed by atoms with Crippen molar-refractivity contribution in [2.45, 2.75) is 32.7 Å². The van der Waals surface area contributed by atoms with Crippen LogP contribution in [-0.2, 0) is 17.6 Å². The van der Waals surface area contributed by atoms with Gasteiger partial charge in [-0.3, -0.25) is 4.79 Å². The zero-order valence-electron chi connectivity index (χ0n) is 12.4. The Morgan fingerprint density at radius 3 is 2.29 bits per heavy atom. The van der Waals surface area contributed by atoms with Crippen LogP contribution in [0.3, 0.4) is 0 Å². The lowest BCUT2D eigenvalue weighted by molar-refractivity contribution is -0.142. The van der Waals surface area contributed by atoms with E-state index in [1.165, 1.54) is 11.1 Å². The third-order valence-electron chi connectivity index (χ3n) is 3.99. The molecule has 114 valence electrons. The molecule has 1 aliphatic carbocycles. The van der Waals surface area contributed by atoms with Crippen molar-refractivity contribution in [3.05, 3.63) is 35.4 Å². The van der Waals surface area contributed by atoms with Crippen molar-refractivity contribution in [3.63, 3.8) is 0 Å². The number of hydrogen-bond donors (Lipinski definition) is 3. The van der Waals surface area contributed by atoms with Gasteiger partial charge in [0.25, 0.3) is 0 Å². The first-order valence-corrected chi connectivity index (χ1v) is 7.31. The molecule has 0 aliphatic heterocycles. The van der Waals surface area contributed by atoms with Crippen LogP contribution in [0.25, 0.3) is 0 Å². The predicted octanol–water partition coefficient (Wildman–Crippen LogP) is 1.81. The minimum Gasteiger partial charge on any atom is -0.481 e. The van der Waals surface area contributed by atoms with Crippen molar-refractivity contribution < 1.29 is 14.7 Å². The first-order valence-electron chi connectivity index (χ1n) is 7.31. The Balaban J connectivity index is 1.80. The zero-order chi connectivity index (χ0) is 15.4. The Morgan fingerprint density at radius 1 is 1.24 bits per heavy atom. The molecule has 1 aromatic carbocycles. The normalized spacial score (nSPS) is 15.6. The van der Waals surface area contributed by atoms with Gasteiger partial charge in [0.05, 0.1) is 5.92 Å². The first-order chi connectivity index (χ1) is 9.97. The van der Waals surface area contributed by atoms with E-state index in [-0.39, 0.29) is 24.5 Å². The number of carbonyl (C=O) groups is 2. The Kier molecular flexibility index (Phi) is 4.83. The molecule has 1 aromatic rings. The number of aliphatic carboxylic acids is 1. The number of nitrogens with one attached hydrogen (secondary N) is 2. The maximum atomic E-state index is 11.9. The van der Waals surface area contributed by atoms with Crippen molar-refractivity contribution in [3.8, 4) is 0 Å². The molecule has 1 aliphatic rings. The molecular weight excluding hydrogens is 268 g/mol. The Labute approximate surface area is 124 Å². The molecule has 0 aromatic heterocycles. The average molecular weight is 290 g/mol. The van der Waals surface area contributed by atoms with Crippen LogP contribution in [0.15, 0.2) is 24.3 Å². The fourth-order valence-electron chi connectivity index (χ4n) is 2.71. The lowest BCUT2D eigenvalue weighted by atomic mass is 9.96. The second kappa shape index (κ2) is 6.61. The van der Waals surface area contributed by atoms with Gasteiger partial charge in [0.2, 0.25) is 0 Å². The number of fused-ring (bicyclic) bond motifs is 1. The van der Waals surface area contributed by atoms with Crippen molar-refractivity contribution in [1.82, 2.24) is 10.6 Å². The van der Waals surface area contributed by atoms with Gasteiger partial charge >= 0.3 is 12.0 Å². The van der Waals surface area contributed by atoms with Gasteiger partial charge in [0.1, 0.15) is 0 Å². The van der Waals surface area contributed by atoms with Crippen molar-refractivity contribution in [2.24, 2.45) is 11.8 Å². The molecule has 0 bridgehead atoms. The monoisotopic (exact) mass is 290 g/mol. The molecule has 0 saturated carbocycles. The van der Waals surface area contributed by atoms with Gasteiger partial charge in [-0.1, -0.05) is 38.1 Å². The summed E-state index contributed by atoms with van der Waals surface area (Å²) in [7, 11) is 0. The predicted molar refractivity (Wildman–Crippen MR) is 80.1 cm³/mol. The molecule has 2 rings (SSSR count). The molecule has 0 fully saturated rings. The van der Waals surface area contributed by atoms with E-state index in [0.29, 0.717) is 0 Å². The fraction of sp³-hybridized carbons (Fsp3) is 0.500. The largest absolute Gasteiger partial charge is 0.481 e. The van der Waals surface area contributed by atoms with Gasteiger partial charge in [-0.05, 0) is 29.9 Å². The van der Waals surface area contributed by atoms with Gasteiger partial charge in [-0.15, -0.1) is 0 Å². The number of hydrogen-bond acceptors (Lipinski definition) is 2. The number of carbonyl (C=O) groups excluding carboxylic acids is 1. The van der Waals surface area contributed by atoms with E-state index in [0.717, 1.165) is 12.8 Å². The van der Waals surface area contributed by atoms with Gasteiger partial charge in [0, 0.05) is 12.6 Å². The summed E-state index contributed by atoms with van der Waals surface area (Å²) in [4.78, 5) is 23.0. The molecule has 0 radical (unpaired) electrons. The van der Waals surface area contributed by atoms with E-state index in [2.05, 4.69) is 22.8 Å². The second-order valence-corrected chi connectivity index (χ2v) is 5.92. The number of benzene rings is 1. The number of carboxylic acid groups (broad SMARTS) is 1. The van der Waals surface area contributed by atoms with Crippen LogP contribution in [0.5, 0.6) is 0 Å². The molecule has 0 saturated heterocycles. The number of urea groups is 1. The van der Waals surface area contributed by atoms with Gasteiger partial charge < -0.3 is 15.7 Å². The molecule has 1 atom stereocenters. The van der Waals surface area contributed by atoms with Crippen LogP contribution in [-0.4, -0.2) is 29.7 Å². The summed E-state index contributed by atoms with van der Waals surface area (Å²) >= 11 is 0. The van der Waals surface area contributed by atoms with E-state index < -0.39 is 11.9 Å². The van der Waals surface area contributed by atoms with Crippen LogP contribution >= 0.6 is 0 Å². The van der Waals surface area contributed by atoms with Crippen LogP contribution in [0.2, 0.25) is 0 Å². The lowest BCUT2D eigenvalue weighted by Crippen LogP contribution is -2.45. The maximum absolute atomic E-state index is 11.9. The average Bonchev–Trinajstić information content (AvgIpc) is 2.79. The van der Waals surface area contributed by atoms with Crippen LogP contribution < -0.4 is 10.6 Å². The maximum Gasteiger partial charge on any atom is 0.315 e. The fourth-order valence-corrected chi connectivity index (χ4v) is 2.71. The third-order valence-corrected chi connectivity index (χ3v) is 3.99. The summed E-state index contributed by atoms with van der Waals surface area (Å²) in [6, 6.07) is 7.95. The highest BCUT2D eigenvalue weighted by Gasteiger charge is 2.24. The van der Waals surface area contributed by atoms with E-state index in [4.69, 9.17) is 5.11 Å². The van der Waals surface area contributed by atoms with Crippen LogP contribution in [0, 0.1) is 11.8 Å². The van der Waals surface area contributed by atoms with Crippen LogP contribution in [0.1, 0.15) is 25.0 Å². The highest BCUT2D eigenvalue weighted by atomic mass is 16.4. The third kappa shape index (κ3) is 3.97. The molecule has 0 heterocycles. The van der Waals surface area contributed by atoms with E-state index >= 15 is 0 Å². The molecule has 1 unspecified atom stereocenters. The second-order valence-electron chi connectivity index (χ2n) is 5.92. The molecule has 2 amide bonds. The molecule has 3 N–H and O–H groups in total. The van der Waals surface area contributed by atoms with E-state index in [9.17, 15) is 9.59 Å². The topological polar surface area (TPSA) is 78.4 Å². The first kappa shape index (κ1) is 15.4. The number of carboxylic acids is 1. The summed E-state index contributed by atoms with van der Waals surface area (Å²) in [5.41, 5.74) is 2.54. The lowest BCUT2D eigenvalue weighted by Gasteiger charge is -2.18. The quantitative estimate of drug-likeness (QED) is 0.774. The standard InChI is InChI=1S/C16H22N2O3/c1-10(2)14(15(19)20)9-17-16(21)18-13-7-11-5-3-4-6-12(11)8-13/h3-6,10,13-14H,7-9H2,1-2H3,(H,19,20)(H2,17,18,21). The summed E-state index contributed by atoms with van der Waals surface area (Å²) in [6.45, 7) is 3.83. The minimum atomic E-state index is -0.876. The van der Waals surface area contributed by atoms with Gasteiger partial charge in [0.15, 0.2) is 0 Å². The van der Waals surface area contributed by atoms with E-state index in [1.807, 2.05) is 26.0 Å². The highest BCUT2D eigenvalue weighted by Crippen LogP contribution is 2.21. The molecule has 21 heavy (non-hydrogen) atoms. The number of rotatable bonds is 5. The molecular formula is C16H22N2O3. The van der Waals surface area contributed by atoms with Crippen molar-refractivity contribution in [2.75, 3.05) is 6.54 Å². The minimum absolute atomic E-state index is 0.0152. The smallest absolute Gasteiger partial charge is 0.315 e. The zero-order valence-corrected chi connectivity index (χ0v) is 12.4. The summed E-state index contributed by atoms with van der Waals surface area (Å²) < 4.78 is 0. The SMILES string of the molecule is CC(C)C(CNC(=O)NC1Cc2ccccc2C1)C(=O)O.